The van der Waals surface area contributed by atoms with Crippen molar-refractivity contribution < 1.29 is 9.90 Å². The lowest BCUT2D eigenvalue weighted by Gasteiger charge is -2.03. The average molecular weight is 244 g/mol. The van der Waals surface area contributed by atoms with Gasteiger partial charge in [0.1, 0.15) is 0 Å². The molecule has 0 radical (unpaired) electrons. The molecule has 0 unspecified atom stereocenters. The Hall–Kier alpha value is -2.10. The lowest BCUT2D eigenvalue weighted by Crippen LogP contribution is -2.02. The van der Waals surface area contributed by atoms with E-state index in [0.717, 1.165) is 11.3 Å². The van der Waals surface area contributed by atoms with Gasteiger partial charge in [-0.05, 0) is 25.5 Å². The van der Waals surface area contributed by atoms with Gasteiger partial charge in [-0.3, -0.25) is 4.79 Å². The fourth-order valence-corrected chi connectivity index (χ4v) is 1.86. The van der Waals surface area contributed by atoms with Crippen molar-refractivity contribution in [2.24, 2.45) is 0 Å². The first-order valence-electron chi connectivity index (χ1n) is 5.87. The average Bonchev–Trinajstić information content (AvgIpc) is 2.78. The van der Waals surface area contributed by atoms with E-state index in [1.165, 1.54) is 11.1 Å². The number of carboxylic acid groups (broad SMARTS) is 1. The topological polar surface area (TPSA) is 55.1 Å². The second-order valence-corrected chi connectivity index (χ2v) is 4.46. The summed E-state index contributed by atoms with van der Waals surface area (Å²) in [7, 11) is 0. The van der Waals surface area contributed by atoms with Gasteiger partial charge in [-0.15, -0.1) is 0 Å². The van der Waals surface area contributed by atoms with Gasteiger partial charge in [0, 0.05) is 18.3 Å². The van der Waals surface area contributed by atoms with Crippen LogP contribution in [-0.4, -0.2) is 20.6 Å². The molecular formula is C14H16N2O2. The highest BCUT2D eigenvalue weighted by molar-refractivity contribution is 5.66. The maximum absolute atomic E-state index is 10.5. The molecule has 0 amide bonds. The van der Waals surface area contributed by atoms with Crippen molar-refractivity contribution in [1.82, 2.24) is 9.55 Å². The molecular weight excluding hydrogens is 228 g/mol. The number of carboxylic acids is 1. The van der Waals surface area contributed by atoms with Crippen molar-refractivity contribution in [2.75, 3.05) is 0 Å². The highest BCUT2D eigenvalue weighted by atomic mass is 16.4. The largest absolute Gasteiger partial charge is 0.481 e. The van der Waals surface area contributed by atoms with Crippen molar-refractivity contribution >= 4 is 5.97 Å². The van der Waals surface area contributed by atoms with Crippen LogP contribution in [-0.2, 0) is 11.3 Å². The SMILES string of the molecule is Cc1ccc(C)c(-c2cn(CCC(=O)O)cn2)c1. The van der Waals surface area contributed by atoms with Crippen LogP contribution in [0.4, 0.5) is 0 Å². The molecule has 0 spiro atoms. The number of aliphatic carboxylic acids is 1. The van der Waals surface area contributed by atoms with Gasteiger partial charge in [0.05, 0.1) is 18.4 Å². The summed E-state index contributed by atoms with van der Waals surface area (Å²) in [5, 5.41) is 8.65. The molecule has 1 aromatic carbocycles. The minimum absolute atomic E-state index is 0.114. The molecule has 0 fully saturated rings. The minimum atomic E-state index is -0.794. The van der Waals surface area contributed by atoms with Crippen LogP contribution in [0.15, 0.2) is 30.7 Å². The molecule has 0 bridgehead atoms. The molecule has 2 rings (SSSR count). The van der Waals surface area contributed by atoms with Crippen LogP contribution >= 0.6 is 0 Å². The highest BCUT2D eigenvalue weighted by Gasteiger charge is 2.06. The van der Waals surface area contributed by atoms with E-state index in [0.29, 0.717) is 6.54 Å². The molecule has 4 heteroatoms. The number of aromatic nitrogens is 2. The number of hydrogen-bond donors (Lipinski definition) is 1. The van der Waals surface area contributed by atoms with E-state index in [4.69, 9.17) is 5.11 Å². The molecule has 94 valence electrons. The summed E-state index contributed by atoms with van der Waals surface area (Å²) in [5.74, 6) is -0.794. The van der Waals surface area contributed by atoms with Crippen LogP contribution in [0.3, 0.4) is 0 Å². The predicted molar refractivity (Wildman–Crippen MR) is 69.4 cm³/mol. The number of nitrogens with zero attached hydrogens (tertiary/aromatic N) is 2. The zero-order valence-corrected chi connectivity index (χ0v) is 10.6. The molecule has 0 aliphatic carbocycles. The number of rotatable bonds is 4. The van der Waals surface area contributed by atoms with E-state index < -0.39 is 5.97 Å². The second kappa shape index (κ2) is 5.04. The lowest BCUT2D eigenvalue weighted by atomic mass is 10.0. The molecule has 0 aliphatic heterocycles. The molecule has 2 aromatic rings. The van der Waals surface area contributed by atoms with Gasteiger partial charge < -0.3 is 9.67 Å². The summed E-state index contributed by atoms with van der Waals surface area (Å²) in [6, 6.07) is 6.24. The van der Waals surface area contributed by atoms with Crippen molar-refractivity contribution in [1.29, 1.82) is 0 Å². The molecule has 1 heterocycles. The van der Waals surface area contributed by atoms with Gasteiger partial charge in [-0.1, -0.05) is 17.7 Å². The van der Waals surface area contributed by atoms with Crippen LogP contribution < -0.4 is 0 Å². The summed E-state index contributed by atoms with van der Waals surface area (Å²) >= 11 is 0. The number of imidazole rings is 1. The lowest BCUT2D eigenvalue weighted by molar-refractivity contribution is -0.137. The fraction of sp³-hybridized carbons (Fsp3) is 0.286. The second-order valence-electron chi connectivity index (χ2n) is 4.46. The quantitative estimate of drug-likeness (QED) is 0.899. The Balaban J connectivity index is 2.23. The van der Waals surface area contributed by atoms with Crippen molar-refractivity contribution in [3.8, 4) is 11.3 Å². The summed E-state index contributed by atoms with van der Waals surface area (Å²) in [5.41, 5.74) is 4.35. The Morgan fingerprint density at radius 1 is 1.39 bits per heavy atom. The Morgan fingerprint density at radius 2 is 2.17 bits per heavy atom. The van der Waals surface area contributed by atoms with E-state index in [1.54, 1.807) is 6.33 Å². The Bertz CT molecular complexity index is 573. The maximum Gasteiger partial charge on any atom is 0.305 e. The van der Waals surface area contributed by atoms with Gasteiger partial charge in [0.25, 0.3) is 0 Å². The summed E-state index contributed by atoms with van der Waals surface area (Å²) < 4.78 is 1.81. The van der Waals surface area contributed by atoms with Gasteiger partial charge >= 0.3 is 5.97 Å². The van der Waals surface area contributed by atoms with Gasteiger partial charge in [0.2, 0.25) is 0 Å². The van der Waals surface area contributed by atoms with E-state index in [2.05, 4.69) is 23.2 Å². The van der Waals surface area contributed by atoms with Gasteiger partial charge in [0.15, 0.2) is 0 Å². The molecule has 4 nitrogen and oxygen atoms in total. The Labute approximate surface area is 106 Å². The molecule has 18 heavy (non-hydrogen) atoms. The first kappa shape index (κ1) is 12.4. The third kappa shape index (κ3) is 2.77. The maximum atomic E-state index is 10.5. The van der Waals surface area contributed by atoms with E-state index in [9.17, 15) is 4.79 Å². The Morgan fingerprint density at radius 3 is 2.89 bits per heavy atom. The molecule has 0 saturated carbocycles. The minimum Gasteiger partial charge on any atom is -0.481 e. The van der Waals surface area contributed by atoms with Gasteiger partial charge in [-0.2, -0.15) is 0 Å². The summed E-state index contributed by atoms with van der Waals surface area (Å²) in [4.78, 5) is 14.9. The van der Waals surface area contributed by atoms with Crippen LogP contribution in [0.1, 0.15) is 17.5 Å². The number of carbonyl (C=O) groups is 1. The summed E-state index contributed by atoms with van der Waals surface area (Å²) in [6.07, 6.45) is 3.69. The van der Waals surface area contributed by atoms with Crippen LogP contribution in [0.2, 0.25) is 0 Å². The zero-order valence-electron chi connectivity index (χ0n) is 10.6. The predicted octanol–water partition coefficient (Wildman–Crippen LogP) is 2.64. The fourth-order valence-electron chi connectivity index (χ4n) is 1.86. The third-order valence-electron chi connectivity index (χ3n) is 2.89. The first-order chi connectivity index (χ1) is 8.56. The number of benzene rings is 1. The standard InChI is InChI=1S/C14H16N2O2/c1-10-3-4-11(2)12(7-10)13-8-16(9-15-13)6-5-14(17)18/h3-4,7-9H,5-6H2,1-2H3,(H,17,18). The molecule has 1 aromatic heterocycles. The van der Waals surface area contributed by atoms with Crippen LogP contribution in [0, 0.1) is 13.8 Å². The number of hydrogen-bond acceptors (Lipinski definition) is 2. The molecule has 0 saturated heterocycles. The normalized spacial score (nSPS) is 10.6. The Kier molecular flexibility index (Phi) is 3.46. The van der Waals surface area contributed by atoms with Gasteiger partial charge in [-0.25, -0.2) is 4.98 Å². The van der Waals surface area contributed by atoms with Crippen LogP contribution in [0.25, 0.3) is 11.3 Å². The molecule has 0 aliphatic rings. The van der Waals surface area contributed by atoms with E-state index in [1.807, 2.05) is 24.6 Å². The zero-order chi connectivity index (χ0) is 13.1. The van der Waals surface area contributed by atoms with Crippen molar-refractivity contribution in [2.45, 2.75) is 26.8 Å². The summed E-state index contributed by atoms with van der Waals surface area (Å²) in [6.45, 7) is 4.54. The van der Waals surface area contributed by atoms with E-state index >= 15 is 0 Å². The highest BCUT2D eigenvalue weighted by Crippen LogP contribution is 2.22. The number of aryl methyl sites for hydroxylation is 3. The molecule has 0 atom stereocenters. The van der Waals surface area contributed by atoms with Crippen molar-refractivity contribution in [3.63, 3.8) is 0 Å². The monoisotopic (exact) mass is 244 g/mol. The smallest absolute Gasteiger partial charge is 0.305 e. The third-order valence-corrected chi connectivity index (χ3v) is 2.89. The van der Waals surface area contributed by atoms with E-state index in [-0.39, 0.29) is 6.42 Å². The molecule has 1 N–H and O–H groups in total. The van der Waals surface area contributed by atoms with Crippen LogP contribution in [0.5, 0.6) is 0 Å². The van der Waals surface area contributed by atoms with Crippen molar-refractivity contribution in [3.05, 3.63) is 41.9 Å². The first-order valence-corrected chi connectivity index (χ1v) is 5.87.